The van der Waals surface area contributed by atoms with Gasteiger partial charge in [0.05, 0.1) is 28.0 Å². The Morgan fingerprint density at radius 2 is 1.93 bits per heavy atom. The Balaban J connectivity index is 1.79. The first-order chi connectivity index (χ1) is 13.1. The molecule has 27 heavy (non-hydrogen) atoms. The van der Waals surface area contributed by atoms with Crippen molar-refractivity contribution < 1.29 is 4.79 Å². The minimum Gasteiger partial charge on any atom is -0.278 e. The number of rotatable bonds is 4. The average molecular weight is 550 g/mol. The number of carbonyl (C=O) groups is 1. The third kappa shape index (κ3) is 4.04. The zero-order valence-corrected chi connectivity index (χ0v) is 18.5. The molecule has 0 spiro atoms. The van der Waals surface area contributed by atoms with E-state index in [0.717, 1.165) is 24.0 Å². The van der Waals surface area contributed by atoms with Crippen molar-refractivity contribution >= 4 is 71.1 Å². The minimum atomic E-state index is -0.0798. The molecule has 2 aromatic heterocycles. The minimum absolute atomic E-state index is 0.0798. The van der Waals surface area contributed by atoms with Crippen LogP contribution in [0.1, 0.15) is 16.1 Å². The van der Waals surface area contributed by atoms with Crippen LogP contribution in [0.2, 0.25) is 0 Å². The van der Waals surface area contributed by atoms with Crippen molar-refractivity contribution in [2.24, 2.45) is 0 Å². The molecule has 0 atom stereocenters. The topological polar surface area (TPSA) is 46.1 Å². The van der Waals surface area contributed by atoms with Crippen LogP contribution in [0.4, 0.5) is 5.13 Å². The average Bonchev–Trinajstić information content (AvgIpc) is 3.09. The van der Waals surface area contributed by atoms with Gasteiger partial charge in [-0.1, -0.05) is 45.5 Å². The summed E-state index contributed by atoms with van der Waals surface area (Å²) in [5.74, 6) is -0.0798. The summed E-state index contributed by atoms with van der Waals surface area (Å²) in [5, 5.41) is 0.665. The van der Waals surface area contributed by atoms with Crippen molar-refractivity contribution in [3.05, 3.63) is 86.2 Å². The largest absolute Gasteiger partial charge is 0.278 e. The van der Waals surface area contributed by atoms with Crippen molar-refractivity contribution in [3.63, 3.8) is 0 Å². The third-order valence-corrected chi connectivity index (χ3v) is 6.44. The van der Waals surface area contributed by atoms with Crippen molar-refractivity contribution in [1.29, 1.82) is 0 Å². The van der Waals surface area contributed by atoms with Crippen LogP contribution in [0.15, 0.2) is 71.3 Å². The Labute approximate surface area is 182 Å². The van der Waals surface area contributed by atoms with Crippen LogP contribution in [0.3, 0.4) is 0 Å². The van der Waals surface area contributed by atoms with Gasteiger partial charge in [0.25, 0.3) is 5.91 Å². The lowest BCUT2D eigenvalue weighted by atomic mass is 10.2. The summed E-state index contributed by atoms with van der Waals surface area (Å²) in [6.45, 7) is 0.367. The molecule has 7 heteroatoms. The van der Waals surface area contributed by atoms with Crippen LogP contribution in [0, 0.1) is 3.57 Å². The summed E-state index contributed by atoms with van der Waals surface area (Å²) in [4.78, 5) is 24.2. The number of benzene rings is 2. The van der Waals surface area contributed by atoms with E-state index in [1.54, 1.807) is 11.1 Å². The van der Waals surface area contributed by atoms with E-state index in [0.29, 0.717) is 17.2 Å². The molecule has 0 N–H and O–H groups in total. The highest BCUT2D eigenvalue weighted by Gasteiger charge is 2.23. The maximum atomic E-state index is 13.4. The van der Waals surface area contributed by atoms with Crippen LogP contribution >= 0.6 is 49.9 Å². The molecule has 4 nitrogen and oxygen atoms in total. The number of fused-ring (bicyclic) bond motifs is 1. The quantitative estimate of drug-likeness (QED) is 0.297. The first-order valence-electron chi connectivity index (χ1n) is 8.14. The van der Waals surface area contributed by atoms with E-state index in [2.05, 4.69) is 43.5 Å². The molecule has 4 aromatic rings. The van der Waals surface area contributed by atoms with Gasteiger partial charge in [0.15, 0.2) is 5.13 Å². The zero-order valence-electron chi connectivity index (χ0n) is 14.0. The second-order valence-corrected chi connectivity index (χ2v) is 8.89. The number of nitrogens with zero attached hydrogens (tertiary/aromatic N) is 3. The number of thiazole rings is 1. The van der Waals surface area contributed by atoms with Gasteiger partial charge in [0.2, 0.25) is 0 Å². The molecular weight excluding hydrogens is 537 g/mol. The maximum Gasteiger partial charge on any atom is 0.261 e. The van der Waals surface area contributed by atoms with Gasteiger partial charge >= 0.3 is 0 Å². The number of hydrogen-bond donors (Lipinski definition) is 0. The van der Waals surface area contributed by atoms with E-state index >= 15 is 0 Å². The number of aromatic nitrogens is 2. The Hall–Kier alpha value is -1.84. The van der Waals surface area contributed by atoms with E-state index in [-0.39, 0.29) is 5.91 Å². The number of amides is 1. The summed E-state index contributed by atoms with van der Waals surface area (Å²) in [6.07, 6.45) is 1.74. The first kappa shape index (κ1) is 18.5. The first-order valence-corrected chi connectivity index (χ1v) is 10.8. The Bertz CT molecular complexity index is 1120. The van der Waals surface area contributed by atoms with Crippen molar-refractivity contribution in [3.8, 4) is 0 Å². The number of pyridine rings is 1. The molecule has 1 amide bonds. The number of halogens is 2. The number of anilines is 1. The van der Waals surface area contributed by atoms with E-state index < -0.39 is 0 Å². The normalized spacial score (nSPS) is 10.9. The van der Waals surface area contributed by atoms with Gasteiger partial charge in [-0.15, -0.1) is 0 Å². The predicted molar refractivity (Wildman–Crippen MR) is 121 cm³/mol. The smallest absolute Gasteiger partial charge is 0.261 e. The zero-order chi connectivity index (χ0) is 18.8. The van der Waals surface area contributed by atoms with Gasteiger partial charge in [-0.3, -0.25) is 14.7 Å². The standard InChI is InChI=1S/C20H13BrIN3OS/c21-13-8-9-17-18(11-13)27-20(24-17)25(12-14-5-3-4-10-23-14)19(26)15-6-1-2-7-16(15)22/h1-11H,12H2. The fourth-order valence-corrected chi connectivity index (χ4v) is 4.79. The Morgan fingerprint density at radius 1 is 1.11 bits per heavy atom. The van der Waals surface area contributed by atoms with Crippen LogP contribution in [-0.4, -0.2) is 15.9 Å². The van der Waals surface area contributed by atoms with Gasteiger partial charge in [-0.25, -0.2) is 4.98 Å². The van der Waals surface area contributed by atoms with Crippen LogP contribution in [-0.2, 0) is 6.54 Å². The van der Waals surface area contributed by atoms with Crippen LogP contribution in [0.5, 0.6) is 0 Å². The highest BCUT2D eigenvalue weighted by Crippen LogP contribution is 2.32. The second kappa shape index (κ2) is 8.04. The monoisotopic (exact) mass is 549 g/mol. The molecule has 0 radical (unpaired) electrons. The molecular formula is C20H13BrIN3OS. The number of carbonyl (C=O) groups excluding carboxylic acids is 1. The van der Waals surface area contributed by atoms with E-state index in [9.17, 15) is 4.79 Å². The summed E-state index contributed by atoms with van der Waals surface area (Å²) in [7, 11) is 0. The SMILES string of the molecule is O=C(c1ccccc1I)N(Cc1ccccn1)c1nc2ccc(Br)cc2s1. The molecule has 2 aromatic carbocycles. The van der Waals surface area contributed by atoms with Crippen molar-refractivity contribution in [2.45, 2.75) is 6.54 Å². The van der Waals surface area contributed by atoms with E-state index in [4.69, 9.17) is 4.98 Å². The molecule has 4 rings (SSSR count). The maximum absolute atomic E-state index is 13.4. The van der Waals surface area contributed by atoms with Gasteiger partial charge < -0.3 is 0 Å². The Morgan fingerprint density at radius 3 is 2.70 bits per heavy atom. The molecule has 0 fully saturated rings. The lowest BCUT2D eigenvalue weighted by Crippen LogP contribution is -2.31. The fourth-order valence-electron chi connectivity index (χ4n) is 2.66. The fraction of sp³-hybridized carbons (Fsp3) is 0.0500. The van der Waals surface area contributed by atoms with Crippen LogP contribution in [0.25, 0.3) is 10.2 Å². The molecule has 0 saturated carbocycles. The van der Waals surface area contributed by atoms with Crippen molar-refractivity contribution in [1.82, 2.24) is 9.97 Å². The lowest BCUT2D eigenvalue weighted by molar-refractivity contribution is 0.0984. The van der Waals surface area contributed by atoms with Gasteiger partial charge in [0.1, 0.15) is 0 Å². The molecule has 0 unspecified atom stereocenters. The number of hydrogen-bond acceptors (Lipinski definition) is 4. The molecule has 0 aliphatic heterocycles. The molecule has 0 saturated heterocycles. The molecule has 134 valence electrons. The van der Waals surface area contributed by atoms with Gasteiger partial charge in [-0.2, -0.15) is 0 Å². The highest BCUT2D eigenvalue weighted by atomic mass is 127. The van der Waals surface area contributed by atoms with Gasteiger partial charge in [-0.05, 0) is 65.1 Å². The van der Waals surface area contributed by atoms with Crippen molar-refractivity contribution in [2.75, 3.05) is 4.90 Å². The summed E-state index contributed by atoms with van der Waals surface area (Å²) in [5.41, 5.74) is 2.35. The summed E-state index contributed by atoms with van der Waals surface area (Å²) < 4.78 is 2.93. The highest BCUT2D eigenvalue weighted by molar-refractivity contribution is 14.1. The second-order valence-electron chi connectivity index (χ2n) is 5.80. The van der Waals surface area contributed by atoms with Crippen LogP contribution < -0.4 is 4.90 Å². The Kier molecular flexibility index (Phi) is 5.51. The summed E-state index contributed by atoms with van der Waals surface area (Å²) >= 11 is 7.19. The molecule has 0 aliphatic rings. The molecule has 0 bridgehead atoms. The van der Waals surface area contributed by atoms with E-state index in [1.807, 2.05) is 60.7 Å². The van der Waals surface area contributed by atoms with E-state index in [1.165, 1.54) is 11.3 Å². The predicted octanol–water partition coefficient (Wildman–Crippen LogP) is 5.91. The lowest BCUT2D eigenvalue weighted by Gasteiger charge is -2.20. The molecule has 0 aliphatic carbocycles. The molecule has 2 heterocycles. The summed E-state index contributed by atoms with van der Waals surface area (Å²) in [6, 6.07) is 19.2. The van der Waals surface area contributed by atoms with Gasteiger partial charge in [0, 0.05) is 14.2 Å². The third-order valence-electron chi connectivity index (χ3n) is 3.97.